The van der Waals surface area contributed by atoms with Crippen LogP contribution in [0.3, 0.4) is 0 Å². The van der Waals surface area contributed by atoms with E-state index in [1.807, 2.05) is 12.1 Å². The largest absolute Gasteiger partial charge is 0.378 e. The average Bonchev–Trinajstić information content (AvgIpc) is 2.58. The van der Waals surface area contributed by atoms with Crippen molar-refractivity contribution in [3.05, 3.63) is 52.5 Å². The Hall–Kier alpha value is -1.47. The molecular formula is C16H16Cl2N2O3S. The van der Waals surface area contributed by atoms with Crippen LogP contribution in [0.5, 0.6) is 0 Å². The third-order valence-corrected chi connectivity index (χ3v) is 5.82. The normalized spacial score (nSPS) is 15.3. The molecule has 128 valence electrons. The molecule has 1 heterocycles. The molecule has 0 amide bonds. The van der Waals surface area contributed by atoms with Crippen molar-refractivity contribution in [1.82, 2.24) is 0 Å². The van der Waals surface area contributed by atoms with Gasteiger partial charge in [-0.1, -0.05) is 23.2 Å². The van der Waals surface area contributed by atoms with Crippen molar-refractivity contribution in [3.8, 4) is 0 Å². The van der Waals surface area contributed by atoms with Crippen LogP contribution >= 0.6 is 23.2 Å². The Kier molecular flexibility index (Phi) is 5.20. The van der Waals surface area contributed by atoms with E-state index in [4.69, 9.17) is 27.9 Å². The SMILES string of the molecule is O=S(=O)(Nc1ccc(N2CCOCC2)cc1)c1ccc(Cl)c(Cl)c1. The third-order valence-electron chi connectivity index (χ3n) is 3.70. The Bertz CT molecular complexity index is 820. The zero-order chi connectivity index (χ0) is 17.2. The van der Waals surface area contributed by atoms with Crippen molar-refractivity contribution in [3.63, 3.8) is 0 Å². The molecule has 0 saturated carbocycles. The van der Waals surface area contributed by atoms with Crippen molar-refractivity contribution in [2.24, 2.45) is 0 Å². The van der Waals surface area contributed by atoms with E-state index in [0.29, 0.717) is 23.9 Å². The molecule has 1 aliphatic rings. The Morgan fingerprint density at radius 2 is 1.62 bits per heavy atom. The van der Waals surface area contributed by atoms with E-state index in [1.165, 1.54) is 18.2 Å². The Labute approximate surface area is 151 Å². The summed E-state index contributed by atoms with van der Waals surface area (Å²) >= 11 is 11.7. The number of morpholine rings is 1. The molecule has 0 radical (unpaired) electrons. The van der Waals surface area contributed by atoms with Crippen LogP contribution in [0.4, 0.5) is 11.4 Å². The van der Waals surface area contributed by atoms with Gasteiger partial charge < -0.3 is 9.64 Å². The minimum Gasteiger partial charge on any atom is -0.378 e. The maximum absolute atomic E-state index is 12.4. The first-order valence-corrected chi connectivity index (χ1v) is 9.60. The fraction of sp³-hybridized carbons (Fsp3) is 0.250. The van der Waals surface area contributed by atoms with Gasteiger partial charge in [0.2, 0.25) is 0 Å². The highest BCUT2D eigenvalue weighted by Gasteiger charge is 2.16. The Morgan fingerprint density at radius 1 is 0.958 bits per heavy atom. The molecular weight excluding hydrogens is 371 g/mol. The molecule has 0 atom stereocenters. The fourth-order valence-electron chi connectivity index (χ4n) is 2.42. The van der Waals surface area contributed by atoms with Crippen LogP contribution in [0.15, 0.2) is 47.4 Å². The summed E-state index contributed by atoms with van der Waals surface area (Å²) in [5.41, 5.74) is 1.52. The minimum atomic E-state index is -3.72. The summed E-state index contributed by atoms with van der Waals surface area (Å²) in [5.74, 6) is 0. The molecule has 2 aromatic rings. The lowest BCUT2D eigenvalue weighted by molar-refractivity contribution is 0.122. The zero-order valence-electron chi connectivity index (χ0n) is 12.7. The first kappa shape index (κ1) is 17.4. The Balaban J connectivity index is 1.76. The topological polar surface area (TPSA) is 58.6 Å². The average molecular weight is 387 g/mol. The number of anilines is 2. The van der Waals surface area contributed by atoms with Crippen molar-refractivity contribution in [2.75, 3.05) is 35.9 Å². The lowest BCUT2D eigenvalue weighted by Crippen LogP contribution is -2.36. The number of halogens is 2. The summed E-state index contributed by atoms with van der Waals surface area (Å²) in [6.07, 6.45) is 0. The monoisotopic (exact) mass is 386 g/mol. The summed E-state index contributed by atoms with van der Waals surface area (Å²) in [6, 6.07) is 11.4. The van der Waals surface area contributed by atoms with Crippen LogP contribution in [-0.4, -0.2) is 34.7 Å². The molecule has 0 aliphatic carbocycles. The zero-order valence-corrected chi connectivity index (χ0v) is 15.0. The summed E-state index contributed by atoms with van der Waals surface area (Å²) in [6.45, 7) is 3.06. The van der Waals surface area contributed by atoms with Gasteiger partial charge in [-0.3, -0.25) is 4.72 Å². The molecule has 3 rings (SSSR count). The number of sulfonamides is 1. The van der Waals surface area contributed by atoms with Gasteiger partial charge in [-0.25, -0.2) is 8.42 Å². The number of hydrogen-bond donors (Lipinski definition) is 1. The highest BCUT2D eigenvalue weighted by molar-refractivity contribution is 7.92. The van der Waals surface area contributed by atoms with Gasteiger partial charge in [-0.2, -0.15) is 0 Å². The molecule has 0 bridgehead atoms. The van der Waals surface area contributed by atoms with E-state index in [-0.39, 0.29) is 9.92 Å². The highest BCUT2D eigenvalue weighted by atomic mass is 35.5. The van der Waals surface area contributed by atoms with E-state index in [0.717, 1.165) is 18.8 Å². The summed E-state index contributed by atoms with van der Waals surface area (Å²) in [5, 5.41) is 0.507. The second-order valence-corrected chi connectivity index (χ2v) is 7.82. The number of benzene rings is 2. The molecule has 1 saturated heterocycles. The van der Waals surface area contributed by atoms with E-state index >= 15 is 0 Å². The number of rotatable bonds is 4. The molecule has 1 aliphatic heterocycles. The van der Waals surface area contributed by atoms with Gasteiger partial charge in [0, 0.05) is 24.5 Å². The molecule has 5 nitrogen and oxygen atoms in total. The van der Waals surface area contributed by atoms with E-state index < -0.39 is 10.0 Å². The first-order chi connectivity index (χ1) is 11.5. The fourth-order valence-corrected chi connectivity index (χ4v) is 3.87. The van der Waals surface area contributed by atoms with Gasteiger partial charge in [0.1, 0.15) is 0 Å². The van der Waals surface area contributed by atoms with E-state index in [2.05, 4.69) is 9.62 Å². The molecule has 1 fully saturated rings. The van der Waals surface area contributed by atoms with Crippen LogP contribution in [-0.2, 0) is 14.8 Å². The lowest BCUT2D eigenvalue weighted by Gasteiger charge is -2.28. The minimum absolute atomic E-state index is 0.0640. The van der Waals surface area contributed by atoms with Gasteiger partial charge in [0.15, 0.2) is 0 Å². The Morgan fingerprint density at radius 3 is 2.25 bits per heavy atom. The molecule has 2 aromatic carbocycles. The van der Waals surface area contributed by atoms with Crippen molar-refractivity contribution in [1.29, 1.82) is 0 Å². The number of ether oxygens (including phenoxy) is 1. The maximum Gasteiger partial charge on any atom is 0.261 e. The predicted octanol–water partition coefficient (Wildman–Crippen LogP) is 3.63. The number of nitrogens with one attached hydrogen (secondary N) is 1. The van der Waals surface area contributed by atoms with Crippen LogP contribution in [0.2, 0.25) is 10.0 Å². The number of nitrogens with zero attached hydrogens (tertiary/aromatic N) is 1. The summed E-state index contributed by atoms with van der Waals surface area (Å²) < 4.78 is 32.7. The van der Waals surface area contributed by atoms with Gasteiger partial charge in [0.25, 0.3) is 10.0 Å². The lowest BCUT2D eigenvalue weighted by atomic mass is 10.2. The molecule has 0 aromatic heterocycles. The van der Waals surface area contributed by atoms with Crippen LogP contribution in [0.1, 0.15) is 0 Å². The smallest absolute Gasteiger partial charge is 0.261 e. The third kappa shape index (κ3) is 3.95. The van der Waals surface area contributed by atoms with Crippen LogP contribution in [0, 0.1) is 0 Å². The number of hydrogen-bond acceptors (Lipinski definition) is 4. The van der Waals surface area contributed by atoms with Crippen LogP contribution < -0.4 is 9.62 Å². The van der Waals surface area contributed by atoms with E-state index in [9.17, 15) is 8.42 Å². The summed E-state index contributed by atoms with van der Waals surface area (Å²) in [7, 11) is -3.72. The van der Waals surface area contributed by atoms with Gasteiger partial charge in [-0.15, -0.1) is 0 Å². The summed E-state index contributed by atoms with van der Waals surface area (Å²) in [4.78, 5) is 2.26. The highest BCUT2D eigenvalue weighted by Crippen LogP contribution is 2.26. The van der Waals surface area contributed by atoms with Gasteiger partial charge in [0.05, 0.1) is 28.2 Å². The first-order valence-electron chi connectivity index (χ1n) is 7.36. The van der Waals surface area contributed by atoms with E-state index in [1.54, 1.807) is 12.1 Å². The van der Waals surface area contributed by atoms with Crippen LogP contribution in [0.25, 0.3) is 0 Å². The second-order valence-electron chi connectivity index (χ2n) is 5.33. The molecule has 0 unspecified atom stereocenters. The molecule has 1 N–H and O–H groups in total. The maximum atomic E-state index is 12.4. The standard InChI is InChI=1S/C16H16Cl2N2O3S/c17-15-6-5-14(11-16(15)18)24(21,22)19-12-1-3-13(4-2-12)20-7-9-23-10-8-20/h1-6,11,19H,7-10H2. The predicted molar refractivity (Wildman–Crippen MR) is 96.7 cm³/mol. The molecule has 24 heavy (non-hydrogen) atoms. The van der Waals surface area contributed by atoms with Crippen molar-refractivity contribution < 1.29 is 13.2 Å². The van der Waals surface area contributed by atoms with Crippen molar-refractivity contribution >= 4 is 44.6 Å². The molecule has 8 heteroatoms. The van der Waals surface area contributed by atoms with Crippen molar-refractivity contribution in [2.45, 2.75) is 4.90 Å². The molecule has 0 spiro atoms. The quantitative estimate of drug-likeness (QED) is 0.871. The van der Waals surface area contributed by atoms with Gasteiger partial charge in [-0.05, 0) is 42.5 Å². The second kappa shape index (κ2) is 7.19. The van der Waals surface area contributed by atoms with Gasteiger partial charge >= 0.3 is 0 Å².